The second kappa shape index (κ2) is 4.75. The molecule has 2 N–H and O–H groups in total. The Bertz CT molecular complexity index is 435. The first-order chi connectivity index (χ1) is 7.99. The largest absolute Gasteiger partial charge is 0.505 e. The highest BCUT2D eigenvalue weighted by atomic mass is 35.5. The summed E-state index contributed by atoms with van der Waals surface area (Å²) in [6, 6.07) is 2.97. The third kappa shape index (κ3) is 2.85. The van der Waals surface area contributed by atoms with Crippen molar-refractivity contribution in [3.05, 3.63) is 22.2 Å². The van der Waals surface area contributed by atoms with Crippen LogP contribution in [-0.4, -0.2) is 11.0 Å². The molecular formula is C12H13Cl2NO2. The Kier molecular flexibility index (Phi) is 3.50. The summed E-state index contributed by atoms with van der Waals surface area (Å²) in [6.45, 7) is 1.91. The van der Waals surface area contributed by atoms with Gasteiger partial charge in [0.25, 0.3) is 0 Å². The Hall–Kier alpha value is -0.930. The lowest BCUT2D eigenvalue weighted by atomic mass is 10.1. The van der Waals surface area contributed by atoms with Crippen molar-refractivity contribution in [3.8, 4) is 5.75 Å². The van der Waals surface area contributed by atoms with Crippen LogP contribution in [0, 0.1) is 11.8 Å². The van der Waals surface area contributed by atoms with E-state index < -0.39 is 0 Å². The minimum Gasteiger partial charge on any atom is -0.505 e. The molecule has 0 saturated heterocycles. The molecule has 1 unspecified atom stereocenters. The van der Waals surface area contributed by atoms with Crippen LogP contribution in [0.3, 0.4) is 0 Å². The molecule has 0 aliphatic heterocycles. The van der Waals surface area contributed by atoms with Gasteiger partial charge in [-0.05, 0) is 30.9 Å². The molecule has 1 saturated carbocycles. The number of nitrogens with one attached hydrogen (secondary N) is 1. The van der Waals surface area contributed by atoms with E-state index in [2.05, 4.69) is 5.32 Å². The summed E-state index contributed by atoms with van der Waals surface area (Å²) in [7, 11) is 0. The Labute approximate surface area is 110 Å². The number of hydrogen-bond acceptors (Lipinski definition) is 2. The van der Waals surface area contributed by atoms with Crippen molar-refractivity contribution in [2.45, 2.75) is 19.8 Å². The normalized spacial score (nSPS) is 16.6. The molecule has 17 heavy (non-hydrogen) atoms. The molecule has 5 heteroatoms. The number of phenols is 1. The summed E-state index contributed by atoms with van der Waals surface area (Å²) in [4.78, 5) is 11.8. The molecule has 92 valence electrons. The van der Waals surface area contributed by atoms with E-state index in [9.17, 15) is 9.90 Å². The van der Waals surface area contributed by atoms with Gasteiger partial charge in [0.05, 0.1) is 10.0 Å². The Morgan fingerprint density at radius 2 is 1.94 bits per heavy atom. The maximum atomic E-state index is 11.8. The molecule has 0 radical (unpaired) electrons. The van der Waals surface area contributed by atoms with Gasteiger partial charge >= 0.3 is 0 Å². The van der Waals surface area contributed by atoms with Gasteiger partial charge in [0.15, 0.2) is 5.75 Å². The van der Waals surface area contributed by atoms with Gasteiger partial charge in [0, 0.05) is 11.6 Å². The summed E-state index contributed by atoms with van der Waals surface area (Å²) < 4.78 is 0. The van der Waals surface area contributed by atoms with Gasteiger partial charge in [-0.3, -0.25) is 4.79 Å². The van der Waals surface area contributed by atoms with Crippen LogP contribution in [-0.2, 0) is 4.79 Å². The Morgan fingerprint density at radius 1 is 1.41 bits per heavy atom. The van der Waals surface area contributed by atoms with Gasteiger partial charge in [-0.1, -0.05) is 30.1 Å². The minimum atomic E-state index is -0.165. The fraction of sp³-hybridized carbons (Fsp3) is 0.417. The second-order valence-corrected chi connectivity index (χ2v) is 5.22. The van der Waals surface area contributed by atoms with Gasteiger partial charge in [-0.15, -0.1) is 0 Å². The highest BCUT2D eigenvalue weighted by molar-refractivity contribution is 6.37. The van der Waals surface area contributed by atoms with Crippen LogP contribution in [0.25, 0.3) is 0 Å². The van der Waals surface area contributed by atoms with Gasteiger partial charge in [-0.25, -0.2) is 0 Å². The zero-order valence-electron chi connectivity index (χ0n) is 9.34. The van der Waals surface area contributed by atoms with E-state index in [4.69, 9.17) is 23.2 Å². The van der Waals surface area contributed by atoms with E-state index in [0.717, 1.165) is 12.8 Å². The monoisotopic (exact) mass is 273 g/mol. The molecule has 0 spiro atoms. The lowest BCUT2D eigenvalue weighted by Crippen LogP contribution is -2.21. The van der Waals surface area contributed by atoms with Crippen LogP contribution < -0.4 is 5.32 Å². The zero-order valence-corrected chi connectivity index (χ0v) is 10.8. The summed E-state index contributed by atoms with van der Waals surface area (Å²) >= 11 is 11.5. The molecular weight excluding hydrogens is 261 g/mol. The number of aromatic hydroxyl groups is 1. The zero-order chi connectivity index (χ0) is 12.6. The van der Waals surface area contributed by atoms with Gasteiger partial charge in [-0.2, -0.15) is 0 Å². The number of phenolic OH excluding ortho intramolecular Hbond substituents is 1. The first kappa shape index (κ1) is 12.5. The number of anilines is 1. The summed E-state index contributed by atoms with van der Waals surface area (Å²) in [6.07, 6.45) is 2.23. The van der Waals surface area contributed by atoms with Crippen molar-refractivity contribution in [2.24, 2.45) is 11.8 Å². The molecule has 1 aromatic rings. The van der Waals surface area contributed by atoms with Crippen LogP contribution in [0.5, 0.6) is 5.75 Å². The first-order valence-electron chi connectivity index (χ1n) is 5.48. The molecule has 2 rings (SSSR count). The predicted molar refractivity (Wildman–Crippen MR) is 68.6 cm³/mol. The average Bonchev–Trinajstić information content (AvgIpc) is 3.08. The van der Waals surface area contributed by atoms with Crippen LogP contribution in [0.4, 0.5) is 5.69 Å². The van der Waals surface area contributed by atoms with E-state index in [-0.39, 0.29) is 27.6 Å². The number of halogens is 2. The van der Waals surface area contributed by atoms with E-state index in [1.165, 1.54) is 12.1 Å². The Morgan fingerprint density at radius 3 is 2.41 bits per heavy atom. The van der Waals surface area contributed by atoms with Crippen molar-refractivity contribution >= 4 is 34.8 Å². The van der Waals surface area contributed by atoms with Crippen LogP contribution in [0.1, 0.15) is 19.8 Å². The number of hydrogen-bond donors (Lipinski definition) is 2. The van der Waals surface area contributed by atoms with Gasteiger partial charge < -0.3 is 10.4 Å². The average molecular weight is 274 g/mol. The first-order valence-corrected chi connectivity index (χ1v) is 6.23. The fourth-order valence-electron chi connectivity index (χ4n) is 1.70. The minimum absolute atomic E-state index is 0.00125. The van der Waals surface area contributed by atoms with Crippen LogP contribution in [0.2, 0.25) is 10.0 Å². The number of carbonyl (C=O) groups is 1. The van der Waals surface area contributed by atoms with Crippen molar-refractivity contribution in [1.82, 2.24) is 0 Å². The fourth-order valence-corrected chi connectivity index (χ4v) is 2.19. The van der Waals surface area contributed by atoms with Gasteiger partial charge in [0.2, 0.25) is 5.91 Å². The third-order valence-electron chi connectivity index (χ3n) is 3.03. The van der Waals surface area contributed by atoms with Crippen LogP contribution in [0.15, 0.2) is 12.1 Å². The number of amides is 1. The second-order valence-electron chi connectivity index (χ2n) is 4.40. The van der Waals surface area contributed by atoms with Crippen molar-refractivity contribution in [1.29, 1.82) is 0 Å². The third-order valence-corrected chi connectivity index (χ3v) is 3.60. The standard InChI is InChI=1S/C12H13Cl2NO2/c1-6(7-2-3-7)12(17)15-8-4-9(13)11(16)10(14)5-8/h4-7,16H,2-3H2,1H3,(H,15,17). The quantitative estimate of drug-likeness (QED) is 0.826. The molecule has 1 atom stereocenters. The molecule has 1 aromatic carbocycles. The topological polar surface area (TPSA) is 49.3 Å². The van der Waals surface area contributed by atoms with Crippen molar-refractivity contribution in [3.63, 3.8) is 0 Å². The van der Waals surface area contributed by atoms with Gasteiger partial charge in [0.1, 0.15) is 0 Å². The van der Waals surface area contributed by atoms with E-state index in [0.29, 0.717) is 11.6 Å². The molecule has 1 fully saturated rings. The highest BCUT2D eigenvalue weighted by Gasteiger charge is 2.32. The maximum absolute atomic E-state index is 11.8. The van der Waals surface area contributed by atoms with E-state index in [1.807, 2.05) is 6.92 Å². The summed E-state index contributed by atoms with van der Waals surface area (Å²) in [5, 5.41) is 12.4. The molecule has 1 aliphatic carbocycles. The molecule has 0 bridgehead atoms. The lowest BCUT2D eigenvalue weighted by Gasteiger charge is -2.12. The SMILES string of the molecule is CC(C(=O)Nc1cc(Cl)c(O)c(Cl)c1)C1CC1. The van der Waals surface area contributed by atoms with Crippen molar-refractivity contribution < 1.29 is 9.90 Å². The predicted octanol–water partition coefficient (Wildman–Crippen LogP) is 3.68. The van der Waals surface area contributed by atoms with Crippen LogP contribution >= 0.6 is 23.2 Å². The summed E-state index contributed by atoms with van der Waals surface area (Å²) in [5.41, 5.74) is 0.510. The van der Waals surface area contributed by atoms with E-state index >= 15 is 0 Å². The maximum Gasteiger partial charge on any atom is 0.227 e. The number of carbonyl (C=O) groups excluding carboxylic acids is 1. The lowest BCUT2D eigenvalue weighted by molar-refractivity contribution is -0.119. The van der Waals surface area contributed by atoms with Crippen molar-refractivity contribution in [2.75, 3.05) is 5.32 Å². The highest BCUT2D eigenvalue weighted by Crippen LogP contribution is 2.38. The molecule has 0 aromatic heterocycles. The Balaban J connectivity index is 2.10. The summed E-state index contributed by atoms with van der Waals surface area (Å²) in [5.74, 6) is 0.298. The molecule has 3 nitrogen and oxygen atoms in total. The van der Waals surface area contributed by atoms with E-state index in [1.54, 1.807) is 0 Å². The molecule has 0 heterocycles. The smallest absolute Gasteiger partial charge is 0.227 e. The molecule has 1 amide bonds. The number of rotatable bonds is 3. The molecule has 1 aliphatic rings. The number of benzene rings is 1.